The molecule has 0 radical (unpaired) electrons. The molecule has 0 atom stereocenters. The van der Waals surface area contributed by atoms with Crippen molar-refractivity contribution in [2.75, 3.05) is 13.1 Å². The average Bonchev–Trinajstić information content (AvgIpc) is 2.71. The number of amidine groups is 1. The molecule has 0 saturated heterocycles. The van der Waals surface area contributed by atoms with Crippen LogP contribution in [0, 0.1) is 0 Å². The van der Waals surface area contributed by atoms with E-state index in [2.05, 4.69) is 10.3 Å². The summed E-state index contributed by atoms with van der Waals surface area (Å²) in [5, 5.41) is 3.19. The molecule has 14 heavy (non-hydrogen) atoms. The van der Waals surface area contributed by atoms with Gasteiger partial charge in [-0.15, -0.1) is 0 Å². The molecular formula is C11H12N2O. The minimum atomic E-state index is 0.0952. The highest BCUT2D eigenvalue weighted by molar-refractivity contribution is 6.01. The summed E-state index contributed by atoms with van der Waals surface area (Å²) in [6.07, 6.45) is 0. The van der Waals surface area contributed by atoms with Gasteiger partial charge in [0, 0.05) is 17.7 Å². The lowest BCUT2D eigenvalue weighted by Gasteiger charge is -2.02. The molecule has 1 N–H and O–H groups in total. The van der Waals surface area contributed by atoms with E-state index >= 15 is 0 Å². The molecule has 0 aliphatic carbocycles. The lowest BCUT2D eigenvalue weighted by atomic mass is 10.1. The number of hydrogen-bond acceptors (Lipinski definition) is 3. The van der Waals surface area contributed by atoms with Gasteiger partial charge in [0.2, 0.25) is 0 Å². The van der Waals surface area contributed by atoms with Gasteiger partial charge >= 0.3 is 0 Å². The van der Waals surface area contributed by atoms with Gasteiger partial charge in [-0.25, -0.2) is 0 Å². The Labute approximate surface area is 82.9 Å². The van der Waals surface area contributed by atoms with E-state index < -0.39 is 0 Å². The van der Waals surface area contributed by atoms with E-state index in [1.54, 1.807) is 6.92 Å². The fourth-order valence-corrected chi connectivity index (χ4v) is 1.45. The van der Waals surface area contributed by atoms with Gasteiger partial charge in [0.05, 0.1) is 6.54 Å². The van der Waals surface area contributed by atoms with Crippen molar-refractivity contribution < 1.29 is 4.79 Å². The molecular weight excluding hydrogens is 176 g/mol. The Morgan fingerprint density at radius 1 is 1.36 bits per heavy atom. The van der Waals surface area contributed by atoms with Crippen LogP contribution in [0.3, 0.4) is 0 Å². The topological polar surface area (TPSA) is 41.5 Å². The Morgan fingerprint density at radius 2 is 2.07 bits per heavy atom. The minimum absolute atomic E-state index is 0.0952. The van der Waals surface area contributed by atoms with Crippen molar-refractivity contribution in [1.82, 2.24) is 5.32 Å². The zero-order valence-corrected chi connectivity index (χ0v) is 8.08. The number of Topliss-reactive ketones (excluding diaryl/α,β-unsaturated/α-hetero) is 1. The fraction of sp³-hybridized carbons (Fsp3) is 0.273. The Kier molecular flexibility index (Phi) is 2.31. The Balaban J connectivity index is 2.25. The zero-order chi connectivity index (χ0) is 9.97. The molecule has 0 unspecified atom stereocenters. The van der Waals surface area contributed by atoms with Crippen LogP contribution in [0.4, 0.5) is 0 Å². The molecule has 1 aromatic rings. The van der Waals surface area contributed by atoms with Crippen LogP contribution >= 0.6 is 0 Å². The number of rotatable bonds is 2. The van der Waals surface area contributed by atoms with Crippen LogP contribution in [0.25, 0.3) is 0 Å². The standard InChI is InChI=1S/C11H12N2O/c1-8(14)9-2-4-10(5-3-9)11-12-6-7-13-11/h2-5H,6-7H2,1H3,(H,12,13). The highest BCUT2D eigenvalue weighted by Gasteiger charge is 2.07. The number of aliphatic imine (C=N–C) groups is 1. The van der Waals surface area contributed by atoms with Gasteiger partial charge in [-0.1, -0.05) is 24.3 Å². The summed E-state index contributed by atoms with van der Waals surface area (Å²) in [5.41, 5.74) is 1.79. The predicted octanol–water partition coefficient (Wildman–Crippen LogP) is 1.24. The fourth-order valence-electron chi connectivity index (χ4n) is 1.45. The molecule has 1 aromatic carbocycles. The van der Waals surface area contributed by atoms with Crippen molar-refractivity contribution in [2.45, 2.75) is 6.92 Å². The van der Waals surface area contributed by atoms with Crippen molar-refractivity contribution in [1.29, 1.82) is 0 Å². The molecule has 1 heterocycles. The second kappa shape index (κ2) is 3.62. The molecule has 0 aromatic heterocycles. The second-order valence-electron chi connectivity index (χ2n) is 3.29. The van der Waals surface area contributed by atoms with Crippen molar-refractivity contribution in [2.24, 2.45) is 4.99 Å². The maximum absolute atomic E-state index is 11.0. The molecule has 3 nitrogen and oxygen atoms in total. The van der Waals surface area contributed by atoms with Gasteiger partial charge in [-0.3, -0.25) is 9.79 Å². The quantitative estimate of drug-likeness (QED) is 0.709. The first-order chi connectivity index (χ1) is 6.77. The lowest BCUT2D eigenvalue weighted by Crippen LogP contribution is -2.19. The molecule has 3 heteroatoms. The van der Waals surface area contributed by atoms with Gasteiger partial charge in [0.1, 0.15) is 5.84 Å². The monoisotopic (exact) mass is 188 g/mol. The maximum atomic E-state index is 11.0. The molecule has 0 amide bonds. The van der Waals surface area contributed by atoms with Crippen LogP contribution in [0.15, 0.2) is 29.3 Å². The lowest BCUT2D eigenvalue weighted by molar-refractivity contribution is 0.101. The van der Waals surface area contributed by atoms with Crippen molar-refractivity contribution >= 4 is 11.6 Å². The van der Waals surface area contributed by atoms with Crippen molar-refractivity contribution in [3.05, 3.63) is 35.4 Å². The number of ketones is 1. The smallest absolute Gasteiger partial charge is 0.159 e. The third-order valence-electron chi connectivity index (χ3n) is 2.24. The average molecular weight is 188 g/mol. The molecule has 0 spiro atoms. The first kappa shape index (κ1) is 8.94. The van der Waals surface area contributed by atoms with Gasteiger partial charge in [0.25, 0.3) is 0 Å². The summed E-state index contributed by atoms with van der Waals surface area (Å²) in [7, 11) is 0. The second-order valence-corrected chi connectivity index (χ2v) is 3.29. The largest absolute Gasteiger partial charge is 0.368 e. The number of hydrogen-bond donors (Lipinski definition) is 1. The third kappa shape index (κ3) is 1.66. The zero-order valence-electron chi connectivity index (χ0n) is 8.08. The van der Waals surface area contributed by atoms with Crippen LogP contribution in [-0.2, 0) is 0 Å². The summed E-state index contributed by atoms with van der Waals surface area (Å²) in [4.78, 5) is 15.3. The van der Waals surface area contributed by atoms with E-state index in [4.69, 9.17) is 0 Å². The highest BCUT2D eigenvalue weighted by atomic mass is 16.1. The van der Waals surface area contributed by atoms with E-state index in [1.165, 1.54) is 0 Å². The number of nitrogens with one attached hydrogen (secondary N) is 1. The summed E-state index contributed by atoms with van der Waals surface area (Å²) in [6.45, 7) is 3.31. The number of nitrogens with zero attached hydrogens (tertiary/aromatic N) is 1. The summed E-state index contributed by atoms with van der Waals surface area (Å²) < 4.78 is 0. The molecule has 72 valence electrons. The van der Waals surface area contributed by atoms with Crippen molar-refractivity contribution in [3.63, 3.8) is 0 Å². The Morgan fingerprint density at radius 3 is 2.57 bits per heavy atom. The first-order valence-corrected chi connectivity index (χ1v) is 4.67. The van der Waals surface area contributed by atoms with E-state index in [0.29, 0.717) is 0 Å². The Bertz CT molecular complexity index is 379. The van der Waals surface area contributed by atoms with Crippen LogP contribution in [0.5, 0.6) is 0 Å². The van der Waals surface area contributed by atoms with Crippen LogP contribution in [-0.4, -0.2) is 24.7 Å². The van der Waals surface area contributed by atoms with Crippen LogP contribution < -0.4 is 5.32 Å². The van der Waals surface area contributed by atoms with Crippen LogP contribution in [0.2, 0.25) is 0 Å². The predicted molar refractivity (Wildman–Crippen MR) is 55.9 cm³/mol. The number of benzene rings is 1. The van der Waals surface area contributed by atoms with Crippen LogP contribution in [0.1, 0.15) is 22.8 Å². The molecule has 0 saturated carbocycles. The molecule has 0 bridgehead atoms. The number of carbonyl (C=O) groups is 1. The van der Waals surface area contributed by atoms with E-state index in [-0.39, 0.29) is 5.78 Å². The van der Waals surface area contributed by atoms with Gasteiger partial charge < -0.3 is 5.32 Å². The van der Waals surface area contributed by atoms with Crippen molar-refractivity contribution in [3.8, 4) is 0 Å². The molecule has 0 fully saturated rings. The molecule has 1 aliphatic rings. The Hall–Kier alpha value is -1.64. The number of carbonyl (C=O) groups excluding carboxylic acids is 1. The SMILES string of the molecule is CC(=O)c1ccc(C2=NCCN2)cc1. The summed E-state index contributed by atoms with van der Waals surface area (Å²) in [5.74, 6) is 1.03. The summed E-state index contributed by atoms with van der Waals surface area (Å²) in [6, 6.07) is 7.52. The van der Waals surface area contributed by atoms with Gasteiger partial charge in [-0.2, -0.15) is 0 Å². The first-order valence-electron chi connectivity index (χ1n) is 4.67. The molecule has 2 rings (SSSR count). The van der Waals surface area contributed by atoms with E-state index in [9.17, 15) is 4.79 Å². The normalized spacial score (nSPS) is 14.8. The van der Waals surface area contributed by atoms with Gasteiger partial charge in [0.15, 0.2) is 5.78 Å². The van der Waals surface area contributed by atoms with Gasteiger partial charge in [-0.05, 0) is 6.92 Å². The molecule has 1 aliphatic heterocycles. The highest BCUT2D eigenvalue weighted by Crippen LogP contribution is 2.07. The van der Waals surface area contributed by atoms with E-state index in [1.807, 2.05) is 24.3 Å². The maximum Gasteiger partial charge on any atom is 0.159 e. The summed E-state index contributed by atoms with van der Waals surface area (Å²) >= 11 is 0. The van der Waals surface area contributed by atoms with E-state index in [0.717, 1.165) is 30.1 Å². The minimum Gasteiger partial charge on any atom is -0.368 e. The third-order valence-corrected chi connectivity index (χ3v) is 2.24.